The van der Waals surface area contributed by atoms with Crippen LogP contribution in [0, 0.1) is 0 Å². The molecule has 0 fully saturated rings. The van der Waals surface area contributed by atoms with Gasteiger partial charge in [0.05, 0.1) is 0 Å². The summed E-state index contributed by atoms with van der Waals surface area (Å²) in [6.45, 7) is 1.64. The Bertz CT molecular complexity index is 146. The number of carboxylic acid groups (broad SMARTS) is 1. The first-order valence-corrected chi connectivity index (χ1v) is 2.52. The van der Waals surface area contributed by atoms with E-state index >= 15 is 0 Å². The van der Waals surface area contributed by atoms with Crippen molar-refractivity contribution < 1.29 is 14.7 Å². The quantitative estimate of drug-likeness (QED) is 0.436. The standard InChI is InChI=1S/C5H7NO3/c1-2-4(5(8)9)6-3-7/h4H,2H2,1H3,(H,8,9)/t4-/m0/s1. The number of hydrogen-bond donors (Lipinski definition) is 1. The van der Waals surface area contributed by atoms with Gasteiger partial charge < -0.3 is 5.11 Å². The number of hydrogen-bond acceptors (Lipinski definition) is 3. The highest BCUT2D eigenvalue weighted by Crippen LogP contribution is 1.94. The summed E-state index contributed by atoms with van der Waals surface area (Å²) in [7, 11) is 0. The monoisotopic (exact) mass is 129 g/mol. The highest BCUT2D eigenvalue weighted by molar-refractivity contribution is 5.74. The molecule has 0 aromatic carbocycles. The number of carbonyl (C=O) groups is 1. The van der Waals surface area contributed by atoms with Gasteiger partial charge in [0, 0.05) is 0 Å². The molecule has 4 nitrogen and oxygen atoms in total. The van der Waals surface area contributed by atoms with Gasteiger partial charge >= 0.3 is 5.97 Å². The second-order valence-electron chi connectivity index (χ2n) is 1.48. The lowest BCUT2D eigenvalue weighted by atomic mass is 10.2. The third-order valence-corrected chi connectivity index (χ3v) is 0.880. The van der Waals surface area contributed by atoms with Crippen molar-refractivity contribution in [3.05, 3.63) is 0 Å². The van der Waals surface area contributed by atoms with Crippen molar-refractivity contribution in [3.8, 4) is 0 Å². The first-order valence-electron chi connectivity index (χ1n) is 2.52. The Morgan fingerprint density at radius 1 is 1.89 bits per heavy atom. The minimum Gasteiger partial charge on any atom is -0.480 e. The summed E-state index contributed by atoms with van der Waals surface area (Å²) in [5, 5.41) is 8.23. The maximum absolute atomic E-state index is 10.0. The lowest BCUT2D eigenvalue weighted by Gasteiger charge is -1.96. The molecular formula is C5H7NO3. The Kier molecular flexibility index (Phi) is 3.32. The highest BCUT2D eigenvalue weighted by Gasteiger charge is 2.11. The van der Waals surface area contributed by atoms with Gasteiger partial charge in [-0.25, -0.2) is 9.59 Å². The van der Waals surface area contributed by atoms with Crippen LogP contribution in [-0.4, -0.2) is 23.2 Å². The fourth-order valence-corrected chi connectivity index (χ4v) is 0.385. The lowest BCUT2D eigenvalue weighted by molar-refractivity contribution is -0.138. The molecule has 1 N–H and O–H groups in total. The first-order chi connectivity index (χ1) is 4.22. The van der Waals surface area contributed by atoms with Crippen molar-refractivity contribution in [2.75, 3.05) is 0 Å². The zero-order valence-corrected chi connectivity index (χ0v) is 5.00. The van der Waals surface area contributed by atoms with E-state index in [-0.39, 0.29) is 0 Å². The number of aliphatic imine (C=N–C) groups is 1. The smallest absolute Gasteiger partial charge is 0.329 e. The molecule has 0 saturated heterocycles. The summed E-state index contributed by atoms with van der Waals surface area (Å²) in [6, 6.07) is -0.914. The van der Waals surface area contributed by atoms with Crippen LogP contribution in [0.15, 0.2) is 4.99 Å². The molecule has 0 aliphatic carbocycles. The number of carbonyl (C=O) groups excluding carboxylic acids is 1. The van der Waals surface area contributed by atoms with E-state index < -0.39 is 12.0 Å². The van der Waals surface area contributed by atoms with Crippen LogP contribution in [0.25, 0.3) is 0 Å². The molecular weight excluding hydrogens is 122 g/mol. The number of isocyanates is 1. The van der Waals surface area contributed by atoms with Crippen molar-refractivity contribution in [1.29, 1.82) is 0 Å². The van der Waals surface area contributed by atoms with Gasteiger partial charge in [-0.15, -0.1) is 0 Å². The molecule has 0 radical (unpaired) electrons. The summed E-state index contributed by atoms with van der Waals surface area (Å²) < 4.78 is 0. The average molecular weight is 129 g/mol. The van der Waals surface area contributed by atoms with E-state index in [0.717, 1.165) is 0 Å². The molecule has 0 aromatic rings. The van der Waals surface area contributed by atoms with E-state index in [1.807, 2.05) is 0 Å². The maximum Gasteiger partial charge on any atom is 0.329 e. The summed E-state index contributed by atoms with van der Waals surface area (Å²) in [5.41, 5.74) is 0. The minimum absolute atomic E-state index is 0.324. The van der Waals surface area contributed by atoms with Gasteiger partial charge in [0.15, 0.2) is 6.04 Å². The molecule has 1 atom stereocenters. The molecule has 0 saturated carbocycles. The molecule has 0 amide bonds. The Morgan fingerprint density at radius 3 is 2.56 bits per heavy atom. The molecule has 0 aliphatic heterocycles. The van der Waals surface area contributed by atoms with Crippen molar-refractivity contribution in [1.82, 2.24) is 0 Å². The van der Waals surface area contributed by atoms with E-state index in [1.54, 1.807) is 6.92 Å². The molecule has 0 bridgehead atoms. The van der Waals surface area contributed by atoms with Gasteiger partial charge in [0.2, 0.25) is 6.08 Å². The molecule has 0 aromatic heterocycles. The van der Waals surface area contributed by atoms with Crippen molar-refractivity contribution in [2.45, 2.75) is 19.4 Å². The van der Waals surface area contributed by atoms with Gasteiger partial charge in [-0.05, 0) is 6.42 Å². The zero-order valence-electron chi connectivity index (χ0n) is 5.00. The summed E-state index contributed by atoms with van der Waals surface area (Å²) in [4.78, 5) is 22.6. The van der Waals surface area contributed by atoms with Crippen molar-refractivity contribution >= 4 is 12.0 Å². The topological polar surface area (TPSA) is 66.7 Å². The van der Waals surface area contributed by atoms with Gasteiger partial charge in [0.25, 0.3) is 0 Å². The molecule has 50 valence electrons. The lowest BCUT2D eigenvalue weighted by Crippen LogP contribution is -2.15. The molecule has 0 unspecified atom stereocenters. The van der Waals surface area contributed by atoms with E-state index in [0.29, 0.717) is 6.42 Å². The van der Waals surface area contributed by atoms with Crippen molar-refractivity contribution in [3.63, 3.8) is 0 Å². The van der Waals surface area contributed by atoms with Crippen LogP contribution in [0.4, 0.5) is 0 Å². The third-order valence-electron chi connectivity index (χ3n) is 0.880. The van der Waals surface area contributed by atoms with Gasteiger partial charge in [-0.3, -0.25) is 0 Å². The van der Waals surface area contributed by atoms with Gasteiger partial charge in [0.1, 0.15) is 0 Å². The van der Waals surface area contributed by atoms with E-state index in [9.17, 15) is 9.59 Å². The molecule has 9 heavy (non-hydrogen) atoms. The van der Waals surface area contributed by atoms with Crippen molar-refractivity contribution in [2.24, 2.45) is 4.99 Å². The highest BCUT2D eigenvalue weighted by atomic mass is 16.4. The summed E-state index contributed by atoms with van der Waals surface area (Å²) in [5.74, 6) is -1.08. The molecule has 0 rings (SSSR count). The van der Waals surface area contributed by atoms with Crippen LogP contribution < -0.4 is 0 Å². The number of rotatable bonds is 3. The zero-order chi connectivity index (χ0) is 7.28. The van der Waals surface area contributed by atoms with Crippen LogP contribution in [0.5, 0.6) is 0 Å². The summed E-state index contributed by atoms with van der Waals surface area (Å²) in [6.07, 6.45) is 1.52. The Labute approximate surface area is 52.2 Å². The average Bonchev–Trinajstić information content (AvgIpc) is 1.82. The molecule has 0 aliphatic rings. The third kappa shape index (κ3) is 2.61. The fraction of sp³-hybridized carbons (Fsp3) is 0.600. The fourth-order valence-electron chi connectivity index (χ4n) is 0.385. The minimum atomic E-state index is -1.08. The van der Waals surface area contributed by atoms with Crippen LogP contribution in [-0.2, 0) is 9.59 Å². The molecule has 0 spiro atoms. The Morgan fingerprint density at radius 2 is 2.44 bits per heavy atom. The maximum atomic E-state index is 10.0. The van der Waals surface area contributed by atoms with Crippen LogP contribution in [0.2, 0.25) is 0 Å². The van der Waals surface area contributed by atoms with Crippen LogP contribution in [0.3, 0.4) is 0 Å². The Balaban J connectivity index is 3.98. The second kappa shape index (κ2) is 3.80. The second-order valence-corrected chi connectivity index (χ2v) is 1.48. The molecule has 0 heterocycles. The van der Waals surface area contributed by atoms with E-state index in [1.165, 1.54) is 6.08 Å². The van der Waals surface area contributed by atoms with E-state index in [2.05, 4.69) is 4.99 Å². The predicted octanol–water partition coefficient (Wildman–Crippen LogP) is 0.185. The first kappa shape index (κ1) is 7.85. The normalized spacial score (nSPS) is 11.7. The van der Waals surface area contributed by atoms with Gasteiger partial charge in [-0.1, -0.05) is 6.92 Å². The predicted molar refractivity (Wildman–Crippen MR) is 29.8 cm³/mol. The van der Waals surface area contributed by atoms with E-state index in [4.69, 9.17) is 5.11 Å². The van der Waals surface area contributed by atoms with Crippen LogP contribution in [0.1, 0.15) is 13.3 Å². The largest absolute Gasteiger partial charge is 0.480 e. The molecule has 4 heteroatoms. The Hall–Kier alpha value is -1.15. The number of aliphatic carboxylic acids is 1. The SMILES string of the molecule is CC[C@H](N=C=O)C(=O)O. The summed E-state index contributed by atoms with van der Waals surface area (Å²) >= 11 is 0. The van der Waals surface area contributed by atoms with Gasteiger partial charge in [-0.2, -0.15) is 4.99 Å². The van der Waals surface area contributed by atoms with Crippen LogP contribution >= 0.6 is 0 Å². The number of carboxylic acids is 1. The number of nitrogens with zero attached hydrogens (tertiary/aromatic N) is 1.